The van der Waals surface area contributed by atoms with Crippen molar-refractivity contribution in [2.24, 2.45) is 12.8 Å². The Balaban J connectivity index is 1.90. The molecule has 1 unspecified atom stereocenters. The molecule has 2 N–H and O–H groups in total. The van der Waals surface area contributed by atoms with E-state index in [1.165, 1.54) is 5.56 Å². The molecule has 0 saturated carbocycles. The lowest BCUT2D eigenvalue weighted by atomic mass is 10.0. The summed E-state index contributed by atoms with van der Waals surface area (Å²) >= 11 is 0. The van der Waals surface area contributed by atoms with E-state index in [9.17, 15) is 0 Å². The number of benzene rings is 1. The maximum Gasteiger partial charge on any atom is 0.119 e. The third kappa shape index (κ3) is 3.83. The van der Waals surface area contributed by atoms with Crippen LogP contribution in [-0.2, 0) is 13.5 Å². The first-order chi connectivity index (χ1) is 9.19. The monoisotopic (exact) mass is 259 g/mol. The lowest BCUT2D eigenvalue weighted by Gasteiger charge is -2.12. The van der Waals surface area contributed by atoms with Gasteiger partial charge in [-0.25, -0.2) is 0 Å². The van der Waals surface area contributed by atoms with Crippen LogP contribution in [0.25, 0.3) is 0 Å². The van der Waals surface area contributed by atoms with Crippen molar-refractivity contribution in [3.8, 4) is 5.75 Å². The maximum atomic E-state index is 6.21. The first kappa shape index (κ1) is 13.6. The van der Waals surface area contributed by atoms with Gasteiger partial charge in [-0.3, -0.25) is 4.68 Å². The van der Waals surface area contributed by atoms with Crippen molar-refractivity contribution < 1.29 is 4.74 Å². The van der Waals surface area contributed by atoms with Gasteiger partial charge in [-0.05, 0) is 43.0 Å². The summed E-state index contributed by atoms with van der Waals surface area (Å²) in [6, 6.07) is 8.08. The molecule has 0 saturated heterocycles. The normalized spacial score (nSPS) is 12.4. The summed E-state index contributed by atoms with van der Waals surface area (Å²) in [5, 5.41) is 4.16. The highest BCUT2D eigenvalue weighted by Crippen LogP contribution is 2.20. The second kappa shape index (κ2) is 6.38. The van der Waals surface area contributed by atoms with Crippen LogP contribution in [0.2, 0.25) is 0 Å². The van der Waals surface area contributed by atoms with Gasteiger partial charge in [-0.2, -0.15) is 5.10 Å². The van der Waals surface area contributed by atoms with Gasteiger partial charge in [0, 0.05) is 19.3 Å². The maximum absolute atomic E-state index is 6.21. The number of ether oxygens (including phenoxy) is 1. The summed E-state index contributed by atoms with van der Waals surface area (Å²) in [6.45, 7) is 2.67. The van der Waals surface area contributed by atoms with Crippen molar-refractivity contribution in [2.75, 3.05) is 6.61 Å². The summed E-state index contributed by atoms with van der Waals surface area (Å²) in [6.07, 6.45) is 5.79. The zero-order valence-electron chi connectivity index (χ0n) is 11.5. The molecule has 1 atom stereocenters. The van der Waals surface area contributed by atoms with E-state index in [0.29, 0.717) is 6.61 Å². The zero-order chi connectivity index (χ0) is 13.7. The van der Waals surface area contributed by atoms with Gasteiger partial charge in [-0.15, -0.1) is 0 Å². The molecule has 0 aliphatic rings. The van der Waals surface area contributed by atoms with Gasteiger partial charge in [0.05, 0.1) is 12.8 Å². The number of rotatable bonds is 6. The molecule has 0 radical (unpaired) electrons. The minimum Gasteiger partial charge on any atom is -0.494 e. The fraction of sp³-hybridized carbons (Fsp3) is 0.400. The molecule has 19 heavy (non-hydrogen) atoms. The Labute approximate surface area is 114 Å². The summed E-state index contributed by atoms with van der Waals surface area (Å²) in [5.41, 5.74) is 8.58. The Hall–Kier alpha value is -1.81. The van der Waals surface area contributed by atoms with Crippen LogP contribution >= 0.6 is 0 Å². The number of hydrogen-bond donors (Lipinski definition) is 1. The molecule has 102 valence electrons. The molecule has 0 spiro atoms. The fourth-order valence-electron chi connectivity index (χ4n) is 2.07. The summed E-state index contributed by atoms with van der Waals surface area (Å²) in [4.78, 5) is 0. The lowest BCUT2D eigenvalue weighted by molar-refractivity contribution is 0.340. The molecule has 2 rings (SSSR count). The second-order valence-corrected chi connectivity index (χ2v) is 4.67. The van der Waals surface area contributed by atoms with Crippen molar-refractivity contribution in [1.82, 2.24) is 9.78 Å². The van der Waals surface area contributed by atoms with Crippen molar-refractivity contribution in [3.05, 3.63) is 47.8 Å². The van der Waals surface area contributed by atoms with Gasteiger partial charge < -0.3 is 10.5 Å². The average Bonchev–Trinajstić information content (AvgIpc) is 2.83. The molecule has 2 aromatic rings. The predicted molar refractivity (Wildman–Crippen MR) is 76.1 cm³/mol. The first-order valence-corrected chi connectivity index (χ1v) is 6.65. The Bertz CT molecular complexity index is 504. The molecule has 4 nitrogen and oxygen atoms in total. The van der Waals surface area contributed by atoms with Gasteiger partial charge in [0.1, 0.15) is 5.75 Å². The highest BCUT2D eigenvalue weighted by Gasteiger charge is 2.07. The SMILES string of the molecule is CCOc1ccc(C(N)CCc2cnn(C)c2)cc1. The molecule has 1 heterocycles. The second-order valence-electron chi connectivity index (χ2n) is 4.67. The van der Waals surface area contributed by atoms with Gasteiger partial charge >= 0.3 is 0 Å². The van der Waals surface area contributed by atoms with E-state index in [1.807, 2.05) is 55.3 Å². The average molecular weight is 259 g/mol. The van der Waals surface area contributed by atoms with Gasteiger partial charge in [0.2, 0.25) is 0 Å². The Morgan fingerprint density at radius 2 is 2.05 bits per heavy atom. The minimum atomic E-state index is 0.0517. The standard InChI is InChI=1S/C15H21N3O/c1-3-19-14-7-5-13(6-8-14)15(16)9-4-12-10-17-18(2)11-12/h5-8,10-11,15H,3-4,9,16H2,1-2H3. The Morgan fingerprint density at radius 3 is 2.63 bits per heavy atom. The van der Waals surface area contributed by atoms with Crippen LogP contribution in [0.1, 0.15) is 30.5 Å². The third-order valence-corrected chi connectivity index (χ3v) is 3.12. The van der Waals surface area contributed by atoms with Gasteiger partial charge in [0.15, 0.2) is 0 Å². The van der Waals surface area contributed by atoms with Crippen molar-refractivity contribution >= 4 is 0 Å². The van der Waals surface area contributed by atoms with Crippen LogP contribution < -0.4 is 10.5 Å². The first-order valence-electron chi connectivity index (χ1n) is 6.65. The lowest BCUT2D eigenvalue weighted by Crippen LogP contribution is -2.11. The number of aromatic nitrogens is 2. The quantitative estimate of drug-likeness (QED) is 0.867. The molecule has 0 bridgehead atoms. The van der Waals surface area contributed by atoms with Gasteiger partial charge in [0.25, 0.3) is 0 Å². The molecule has 1 aromatic heterocycles. The van der Waals surface area contributed by atoms with E-state index in [-0.39, 0.29) is 6.04 Å². The predicted octanol–water partition coefficient (Wildman–Crippen LogP) is 2.45. The van der Waals surface area contributed by atoms with Crippen molar-refractivity contribution in [1.29, 1.82) is 0 Å². The largest absolute Gasteiger partial charge is 0.494 e. The Morgan fingerprint density at radius 1 is 1.32 bits per heavy atom. The van der Waals surface area contributed by atoms with E-state index in [4.69, 9.17) is 10.5 Å². The molecule has 0 amide bonds. The summed E-state index contributed by atoms with van der Waals surface area (Å²) < 4.78 is 7.24. The molecular formula is C15H21N3O. The molecular weight excluding hydrogens is 238 g/mol. The number of nitrogens with zero attached hydrogens (tertiary/aromatic N) is 2. The van der Waals surface area contributed by atoms with Crippen LogP contribution in [0, 0.1) is 0 Å². The van der Waals surface area contributed by atoms with Crippen LogP contribution in [0.4, 0.5) is 0 Å². The van der Waals surface area contributed by atoms with Crippen LogP contribution in [0.5, 0.6) is 5.75 Å². The van der Waals surface area contributed by atoms with Crippen molar-refractivity contribution in [2.45, 2.75) is 25.8 Å². The molecule has 0 aliphatic heterocycles. The van der Waals surface area contributed by atoms with E-state index in [1.54, 1.807) is 0 Å². The summed E-state index contributed by atoms with van der Waals surface area (Å²) in [7, 11) is 1.93. The fourth-order valence-corrected chi connectivity index (χ4v) is 2.07. The van der Waals surface area contributed by atoms with E-state index in [2.05, 4.69) is 5.10 Å². The topological polar surface area (TPSA) is 53.1 Å². The number of nitrogens with two attached hydrogens (primary N) is 1. The molecule has 4 heteroatoms. The van der Waals surface area contributed by atoms with Crippen LogP contribution in [0.15, 0.2) is 36.7 Å². The third-order valence-electron chi connectivity index (χ3n) is 3.12. The van der Waals surface area contributed by atoms with Crippen LogP contribution in [0.3, 0.4) is 0 Å². The highest BCUT2D eigenvalue weighted by molar-refractivity contribution is 5.29. The van der Waals surface area contributed by atoms with Gasteiger partial charge in [-0.1, -0.05) is 12.1 Å². The molecule has 0 fully saturated rings. The van der Waals surface area contributed by atoms with Crippen LogP contribution in [-0.4, -0.2) is 16.4 Å². The van der Waals surface area contributed by atoms with E-state index < -0.39 is 0 Å². The molecule has 1 aromatic carbocycles. The van der Waals surface area contributed by atoms with Crippen molar-refractivity contribution in [3.63, 3.8) is 0 Å². The smallest absolute Gasteiger partial charge is 0.119 e. The van der Waals surface area contributed by atoms with E-state index in [0.717, 1.165) is 24.2 Å². The minimum absolute atomic E-state index is 0.0517. The summed E-state index contributed by atoms with van der Waals surface area (Å²) in [5.74, 6) is 0.894. The Kier molecular flexibility index (Phi) is 4.58. The zero-order valence-corrected chi connectivity index (χ0v) is 11.5. The number of aryl methyl sites for hydroxylation is 2. The molecule has 0 aliphatic carbocycles. The van der Waals surface area contributed by atoms with E-state index >= 15 is 0 Å². The highest BCUT2D eigenvalue weighted by atomic mass is 16.5. The number of hydrogen-bond acceptors (Lipinski definition) is 3.